The van der Waals surface area contributed by atoms with E-state index in [1.54, 1.807) is 4.90 Å². The Bertz CT molecular complexity index is 265. The van der Waals surface area contributed by atoms with Gasteiger partial charge in [0.2, 0.25) is 11.8 Å². The molecule has 2 amide bonds. The lowest BCUT2D eigenvalue weighted by molar-refractivity contribution is -0.147. The third kappa shape index (κ3) is 1.38. The molecule has 2 fully saturated rings. The van der Waals surface area contributed by atoms with Crippen LogP contribution in [0.4, 0.5) is 0 Å². The van der Waals surface area contributed by atoms with Crippen molar-refractivity contribution < 1.29 is 9.59 Å². The zero-order valence-corrected chi connectivity index (χ0v) is 8.29. The number of primary amides is 1. The number of hydrogen-bond acceptors (Lipinski definition) is 2. The topological polar surface area (TPSA) is 63.2 Å². The van der Waals surface area contributed by atoms with E-state index in [2.05, 4.69) is 0 Å². The standard InChI is InChI=1S/C10H16N2O2/c11-8(13)10(4-2-1-3-5-10)9(14)12-6-7-12/h1-7H2,(H2,11,13). The highest BCUT2D eigenvalue weighted by atomic mass is 16.2. The molecule has 0 spiro atoms. The predicted molar refractivity (Wildman–Crippen MR) is 51.3 cm³/mol. The van der Waals surface area contributed by atoms with Crippen molar-refractivity contribution in [2.75, 3.05) is 13.1 Å². The molecule has 14 heavy (non-hydrogen) atoms. The zero-order valence-electron chi connectivity index (χ0n) is 8.29. The second kappa shape index (κ2) is 3.26. The van der Waals surface area contributed by atoms with Crippen LogP contribution in [0.3, 0.4) is 0 Å². The van der Waals surface area contributed by atoms with Crippen LogP contribution in [-0.4, -0.2) is 29.8 Å². The summed E-state index contributed by atoms with van der Waals surface area (Å²) in [5.41, 5.74) is 4.53. The summed E-state index contributed by atoms with van der Waals surface area (Å²) in [6, 6.07) is 0. The van der Waals surface area contributed by atoms with E-state index in [4.69, 9.17) is 5.73 Å². The Kier molecular flexibility index (Phi) is 2.21. The van der Waals surface area contributed by atoms with Gasteiger partial charge in [-0.3, -0.25) is 9.59 Å². The Balaban J connectivity index is 2.19. The maximum absolute atomic E-state index is 11.9. The van der Waals surface area contributed by atoms with Gasteiger partial charge in [0, 0.05) is 13.1 Å². The molecule has 0 radical (unpaired) electrons. The average molecular weight is 196 g/mol. The molecule has 4 nitrogen and oxygen atoms in total. The van der Waals surface area contributed by atoms with E-state index in [1.165, 1.54) is 0 Å². The van der Waals surface area contributed by atoms with Crippen LogP contribution in [-0.2, 0) is 9.59 Å². The van der Waals surface area contributed by atoms with Crippen LogP contribution in [0.15, 0.2) is 0 Å². The molecule has 0 bridgehead atoms. The summed E-state index contributed by atoms with van der Waals surface area (Å²) >= 11 is 0. The van der Waals surface area contributed by atoms with E-state index in [0.29, 0.717) is 12.8 Å². The number of hydrogen-bond donors (Lipinski definition) is 1. The monoisotopic (exact) mass is 196 g/mol. The van der Waals surface area contributed by atoms with Crippen molar-refractivity contribution in [3.05, 3.63) is 0 Å². The Morgan fingerprint density at radius 3 is 2.07 bits per heavy atom. The van der Waals surface area contributed by atoms with E-state index < -0.39 is 11.3 Å². The van der Waals surface area contributed by atoms with Gasteiger partial charge in [0.05, 0.1) is 0 Å². The second-order valence-electron chi connectivity index (χ2n) is 4.30. The molecule has 2 aliphatic rings. The number of nitrogens with zero attached hydrogens (tertiary/aromatic N) is 1. The lowest BCUT2D eigenvalue weighted by atomic mass is 9.72. The van der Waals surface area contributed by atoms with Crippen LogP contribution in [0.25, 0.3) is 0 Å². The molecule has 4 heteroatoms. The van der Waals surface area contributed by atoms with Crippen LogP contribution >= 0.6 is 0 Å². The lowest BCUT2D eigenvalue weighted by Crippen LogP contribution is -2.48. The zero-order chi connectivity index (χ0) is 10.2. The highest BCUT2D eigenvalue weighted by Gasteiger charge is 2.49. The SMILES string of the molecule is NC(=O)C1(C(=O)N2CC2)CCCCC1. The van der Waals surface area contributed by atoms with Gasteiger partial charge in [0.1, 0.15) is 5.41 Å². The summed E-state index contributed by atoms with van der Waals surface area (Å²) in [6.07, 6.45) is 4.31. The van der Waals surface area contributed by atoms with Crippen LogP contribution in [0.1, 0.15) is 32.1 Å². The van der Waals surface area contributed by atoms with Crippen molar-refractivity contribution >= 4 is 11.8 Å². The van der Waals surface area contributed by atoms with Crippen molar-refractivity contribution in [1.82, 2.24) is 4.90 Å². The van der Waals surface area contributed by atoms with Crippen LogP contribution in [0.2, 0.25) is 0 Å². The quantitative estimate of drug-likeness (QED) is 0.509. The molecule has 0 aromatic carbocycles. The average Bonchev–Trinajstić information content (AvgIpc) is 3.01. The van der Waals surface area contributed by atoms with Gasteiger partial charge in [-0.1, -0.05) is 19.3 Å². The van der Waals surface area contributed by atoms with Gasteiger partial charge in [0.15, 0.2) is 0 Å². The summed E-state index contributed by atoms with van der Waals surface area (Å²) < 4.78 is 0. The number of carbonyl (C=O) groups excluding carboxylic acids is 2. The molecule has 1 aliphatic carbocycles. The molecular formula is C10H16N2O2. The fraction of sp³-hybridized carbons (Fsp3) is 0.800. The van der Waals surface area contributed by atoms with E-state index in [1.807, 2.05) is 0 Å². The summed E-state index contributed by atoms with van der Waals surface area (Å²) in [5.74, 6) is -0.446. The van der Waals surface area contributed by atoms with Crippen molar-refractivity contribution in [3.63, 3.8) is 0 Å². The third-order valence-electron chi connectivity index (χ3n) is 3.32. The number of rotatable bonds is 2. The third-order valence-corrected chi connectivity index (χ3v) is 3.32. The molecule has 2 rings (SSSR count). The summed E-state index contributed by atoms with van der Waals surface area (Å²) in [7, 11) is 0. The second-order valence-corrected chi connectivity index (χ2v) is 4.30. The molecule has 2 N–H and O–H groups in total. The first-order valence-corrected chi connectivity index (χ1v) is 5.26. The summed E-state index contributed by atoms with van der Waals surface area (Å²) in [4.78, 5) is 25.1. The smallest absolute Gasteiger partial charge is 0.238 e. The van der Waals surface area contributed by atoms with Gasteiger partial charge >= 0.3 is 0 Å². The first-order valence-electron chi connectivity index (χ1n) is 5.26. The first-order chi connectivity index (χ1) is 6.67. The fourth-order valence-corrected chi connectivity index (χ4v) is 2.28. The van der Waals surface area contributed by atoms with Crippen LogP contribution in [0.5, 0.6) is 0 Å². The van der Waals surface area contributed by atoms with Gasteiger partial charge in [-0.15, -0.1) is 0 Å². The van der Waals surface area contributed by atoms with Gasteiger partial charge in [-0.05, 0) is 12.8 Å². The van der Waals surface area contributed by atoms with E-state index in [-0.39, 0.29) is 5.91 Å². The van der Waals surface area contributed by atoms with Crippen LogP contribution in [0, 0.1) is 5.41 Å². The molecule has 78 valence electrons. The van der Waals surface area contributed by atoms with Crippen LogP contribution < -0.4 is 5.73 Å². The Morgan fingerprint density at radius 1 is 1.07 bits per heavy atom. The molecule has 1 aliphatic heterocycles. The minimum atomic E-state index is -0.852. The van der Waals surface area contributed by atoms with Gasteiger partial charge in [-0.2, -0.15) is 0 Å². The molecular weight excluding hydrogens is 180 g/mol. The van der Waals surface area contributed by atoms with E-state index in [9.17, 15) is 9.59 Å². The summed E-state index contributed by atoms with van der Waals surface area (Å²) in [5, 5.41) is 0. The number of carbonyl (C=O) groups is 2. The Labute approximate surface area is 83.4 Å². The normalized spacial score (nSPS) is 24.4. The minimum absolute atomic E-state index is 0.0234. The number of amides is 2. The number of nitrogens with two attached hydrogens (primary N) is 1. The van der Waals surface area contributed by atoms with Gasteiger partial charge in [0.25, 0.3) is 0 Å². The van der Waals surface area contributed by atoms with Crippen molar-refractivity contribution in [1.29, 1.82) is 0 Å². The molecule has 0 unspecified atom stereocenters. The van der Waals surface area contributed by atoms with Gasteiger partial charge in [-0.25, -0.2) is 0 Å². The van der Waals surface area contributed by atoms with Gasteiger partial charge < -0.3 is 10.6 Å². The molecule has 0 aromatic heterocycles. The highest BCUT2D eigenvalue weighted by Crippen LogP contribution is 2.38. The fourth-order valence-electron chi connectivity index (χ4n) is 2.28. The van der Waals surface area contributed by atoms with E-state index >= 15 is 0 Å². The van der Waals surface area contributed by atoms with Crippen molar-refractivity contribution in [3.8, 4) is 0 Å². The van der Waals surface area contributed by atoms with E-state index in [0.717, 1.165) is 32.4 Å². The maximum Gasteiger partial charge on any atom is 0.238 e. The Morgan fingerprint density at radius 2 is 1.64 bits per heavy atom. The minimum Gasteiger partial charge on any atom is -0.369 e. The highest BCUT2D eigenvalue weighted by molar-refractivity contribution is 6.05. The largest absolute Gasteiger partial charge is 0.369 e. The Hall–Kier alpha value is -1.06. The van der Waals surface area contributed by atoms with Crippen molar-refractivity contribution in [2.45, 2.75) is 32.1 Å². The molecule has 1 saturated heterocycles. The first kappa shape index (κ1) is 9.49. The molecule has 1 heterocycles. The molecule has 0 aromatic rings. The molecule has 0 atom stereocenters. The predicted octanol–water partition coefficient (Wildman–Crippen LogP) is 0.264. The lowest BCUT2D eigenvalue weighted by Gasteiger charge is -2.32. The maximum atomic E-state index is 11.9. The van der Waals surface area contributed by atoms with Crippen molar-refractivity contribution in [2.24, 2.45) is 11.1 Å². The summed E-state index contributed by atoms with van der Waals surface area (Å²) in [6.45, 7) is 1.60. The molecule has 1 saturated carbocycles.